The first kappa shape index (κ1) is 20.5. The fraction of sp³-hybridized carbons (Fsp3) is 0.367. The summed E-state index contributed by atoms with van der Waals surface area (Å²) in [5.74, 6) is 1.35. The molecule has 1 aliphatic heterocycles. The van der Waals surface area contributed by atoms with Gasteiger partial charge < -0.3 is 14.8 Å². The third-order valence-corrected chi connectivity index (χ3v) is 8.29. The summed E-state index contributed by atoms with van der Waals surface area (Å²) in [5, 5.41) is 10.1. The van der Waals surface area contributed by atoms with Gasteiger partial charge in [-0.15, -0.1) is 0 Å². The number of carbonyl (C=O) groups is 1. The Morgan fingerprint density at radius 3 is 2.36 bits per heavy atom. The molecule has 1 fully saturated rings. The number of fused-ring (bicyclic) bond motifs is 2. The molecular weight excluding hydrogens is 406 g/mol. The SMILES string of the molecule is O=CC1CCN(c2ccc([C@H]3c4ccc(O)cc4CC[C@H]3c3cccc4c3CC4)cc2)CC1. The van der Waals surface area contributed by atoms with Crippen LogP contribution in [-0.4, -0.2) is 24.5 Å². The normalized spacial score (nSPS) is 22.2. The number of hydrogen-bond donors (Lipinski definition) is 1. The summed E-state index contributed by atoms with van der Waals surface area (Å²) in [5.41, 5.74) is 9.88. The number of phenols is 1. The standard InChI is InChI=1S/C30H31NO2/c32-19-20-14-16-31(17-15-20)24-8-4-22(5-9-24)30-27-13-10-25(33)18-23(27)7-12-29(30)28-3-1-2-21-6-11-26(21)28/h1-5,8-10,13,18-20,29-30,33H,6-7,11-12,14-17H2/t29-,30-/m0/s1. The molecule has 33 heavy (non-hydrogen) atoms. The maximum Gasteiger partial charge on any atom is 0.123 e. The van der Waals surface area contributed by atoms with E-state index in [2.05, 4.69) is 53.4 Å². The van der Waals surface area contributed by atoms with Crippen LogP contribution in [0, 0.1) is 5.92 Å². The average molecular weight is 438 g/mol. The molecule has 3 nitrogen and oxygen atoms in total. The van der Waals surface area contributed by atoms with E-state index < -0.39 is 0 Å². The summed E-state index contributed by atoms with van der Waals surface area (Å²) in [6.45, 7) is 1.90. The van der Waals surface area contributed by atoms with Crippen LogP contribution in [0.5, 0.6) is 5.75 Å². The highest BCUT2D eigenvalue weighted by atomic mass is 16.3. The van der Waals surface area contributed by atoms with Crippen molar-refractivity contribution in [3.63, 3.8) is 0 Å². The van der Waals surface area contributed by atoms with Crippen LogP contribution in [0.2, 0.25) is 0 Å². The van der Waals surface area contributed by atoms with Crippen LogP contribution in [0.15, 0.2) is 60.7 Å². The molecule has 2 aliphatic carbocycles. The van der Waals surface area contributed by atoms with E-state index in [9.17, 15) is 9.90 Å². The van der Waals surface area contributed by atoms with Crippen LogP contribution in [-0.2, 0) is 24.1 Å². The molecule has 0 unspecified atom stereocenters. The Kier molecular flexibility index (Phi) is 5.21. The maximum atomic E-state index is 11.1. The van der Waals surface area contributed by atoms with Gasteiger partial charge >= 0.3 is 0 Å². The lowest BCUT2D eigenvalue weighted by Gasteiger charge is -2.38. The number of aromatic hydroxyl groups is 1. The number of nitrogens with zero attached hydrogens (tertiary/aromatic N) is 1. The largest absolute Gasteiger partial charge is 0.508 e. The lowest BCUT2D eigenvalue weighted by Crippen LogP contribution is -2.34. The van der Waals surface area contributed by atoms with Gasteiger partial charge in [0.2, 0.25) is 0 Å². The number of hydrogen-bond acceptors (Lipinski definition) is 3. The van der Waals surface area contributed by atoms with Crippen LogP contribution in [0.25, 0.3) is 0 Å². The zero-order valence-corrected chi connectivity index (χ0v) is 19.0. The third-order valence-electron chi connectivity index (χ3n) is 8.29. The van der Waals surface area contributed by atoms with Crippen molar-refractivity contribution in [2.24, 2.45) is 5.92 Å². The summed E-state index contributed by atoms with van der Waals surface area (Å²) >= 11 is 0. The van der Waals surface area contributed by atoms with Gasteiger partial charge in [0.05, 0.1) is 0 Å². The minimum atomic E-state index is 0.222. The minimum absolute atomic E-state index is 0.222. The molecule has 3 aromatic carbocycles. The highest BCUT2D eigenvalue weighted by molar-refractivity contribution is 5.57. The second kappa shape index (κ2) is 8.37. The van der Waals surface area contributed by atoms with Gasteiger partial charge in [-0.25, -0.2) is 0 Å². The Morgan fingerprint density at radius 1 is 0.818 bits per heavy atom. The van der Waals surface area contributed by atoms with Crippen molar-refractivity contribution in [2.45, 2.75) is 50.4 Å². The number of aryl methyl sites for hydroxylation is 2. The van der Waals surface area contributed by atoms with Crippen LogP contribution >= 0.6 is 0 Å². The fourth-order valence-electron chi connectivity index (χ4n) is 6.36. The topological polar surface area (TPSA) is 40.5 Å². The lowest BCUT2D eigenvalue weighted by atomic mass is 9.66. The molecule has 1 heterocycles. The summed E-state index contributed by atoms with van der Waals surface area (Å²) < 4.78 is 0. The number of piperidine rings is 1. The first-order valence-electron chi connectivity index (χ1n) is 12.4. The average Bonchev–Trinajstić information content (AvgIpc) is 2.84. The van der Waals surface area contributed by atoms with Crippen molar-refractivity contribution in [3.05, 3.63) is 94.0 Å². The molecule has 1 N–H and O–H groups in total. The number of benzene rings is 3. The van der Waals surface area contributed by atoms with Crippen LogP contribution < -0.4 is 4.90 Å². The number of phenolic OH excluding ortho intramolecular Hbond substituents is 1. The van der Waals surface area contributed by atoms with E-state index >= 15 is 0 Å². The number of aldehydes is 1. The molecule has 6 rings (SSSR count). The molecule has 1 saturated heterocycles. The molecule has 3 aliphatic rings. The second-order valence-electron chi connectivity index (χ2n) is 10.0. The van der Waals surface area contributed by atoms with Crippen molar-refractivity contribution < 1.29 is 9.90 Å². The van der Waals surface area contributed by atoms with Crippen LogP contribution in [0.4, 0.5) is 5.69 Å². The van der Waals surface area contributed by atoms with Gasteiger partial charge in [0.1, 0.15) is 12.0 Å². The molecule has 2 atom stereocenters. The molecule has 0 radical (unpaired) electrons. The van der Waals surface area contributed by atoms with Crippen LogP contribution in [0.1, 0.15) is 64.5 Å². The lowest BCUT2D eigenvalue weighted by molar-refractivity contribution is -0.111. The molecule has 0 spiro atoms. The molecule has 3 aromatic rings. The smallest absolute Gasteiger partial charge is 0.123 e. The monoisotopic (exact) mass is 437 g/mol. The van der Waals surface area contributed by atoms with Crippen molar-refractivity contribution in [2.75, 3.05) is 18.0 Å². The van der Waals surface area contributed by atoms with E-state index in [4.69, 9.17) is 0 Å². The summed E-state index contributed by atoms with van der Waals surface area (Å²) in [6, 6.07) is 22.0. The zero-order valence-electron chi connectivity index (χ0n) is 19.0. The highest BCUT2D eigenvalue weighted by Gasteiger charge is 2.35. The van der Waals surface area contributed by atoms with Crippen molar-refractivity contribution in [1.29, 1.82) is 0 Å². The maximum absolute atomic E-state index is 11.1. The molecule has 0 aromatic heterocycles. The van der Waals surface area contributed by atoms with Gasteiger partial charge in [-0.3, -0.25) is 0 Å². The summed E-state index contributed by atoms with van der Waals surface area (Å²) in [4.78, 5) is 13.5. The summed E-state index contributed by atoms with van der Waals surface area (Å²) in [7, 11) is 0. The van der Waals surface area contributed by atoms with E-state index in [1.165, 1.54) is 46.3 Å². The van der Waals surface area contributed by atoms with Crippen molar-refractivity contribution in [1.82, 2.24) is 0 Å². The van der Waals surface area contributed by atoms with E-state index in [1.54, 1.807) is 5.56 Å². The Labute approximate surface area is 196 Å². The first-order valence-corrected chi connectivity index (χ1v) is 12.4. The molecule has 3 heteroatoms. The van der Waals surface area contributed by atoms with E-state index in [1.807, 2.05) is 12.1 Å². The van der Waals surface area contributed by atoms with Gasteiger partial charge in [-0.1, -0.05) is 36.4 Å². The quantitative estimate of drug-likeness (QED) is 0.527. The number of rotatable bonds is 4. The molecule has 168 valence electrons. The first-order chi connectivity index (χ1) is 16.2. The van der Waals surface area contributed by atoms with Crippen LogP contribution in [0.3, 0.4) is 0 Å². The minimum Gasteiger partial charge on any atom is -0.508 e. The molecular formula is C30H31NO2. The van der Waals surface area contributed by atoms with E-state index in [-0.39, 0.29) is 5.92 Å². The van der Waals surface area contributed by atoms with E-state index in [0.717, 1.165) is 45.1 Å². The third kappa shape index (κ3) is 3.64. The second-order valence-corrected chi connectivity index (χ2v) is 10.0. The Bertz CT molecular complexity index is 1170. The number of anilines is 1. The van der Waals surface area contributed by atoms with Gasteiger partial charge in [0, 0.05) is 30.6 Å². The Balaban J connectivity index is 1.36. The van der Waals surface area contributed by atoms with Gasteiger partial charge in [-0.05, 0) is 102 Å². The summed E-state index contributed by atoms with van der Waals surface area (Å²) in [6.07, 6.45) is 7.55. The zero-order chi connectivity index (χ0) is 22.4. The molecule has 0 saturated carbocycles. The fourth-order valence-corrected chi connectivity index (χ4v) is 6.36. The predicted octanol–water partition coefficient (Wildman–Crippen LogP) is 5.77. The highest BCUT2D eigenvalue weighted by Crippen LogP contribution is 2.49. The molecule has 0 amide bonds. The van der Waals surface area contributed by atoms with Gasteiger partial charge in [-0.2, -0.15) is 0 Å². The number of carbonyl (C=O) groups excluding carboxylic acids is 1. The van der Waals surface area contributed by atoms with Crippen molar-refractivity contribution >= 4 is 12.0 Å². The Morgan fingerprint density at radius 2 is 1.64 bits per heavy atom. The Hall–Kier alpha value is -3.07. The van der Waals surface area contributed by atoms with Gasteiger partial charge in [0.15, 0.2) is 0 Å². The van der Waals surface area contributed by atoms with Gasteiger partial charge in [0.25, 0.3) is 0 Å². The van der Waals surface area contributed by atoms with E-state index in [0.29, 0.717) is 17.6 Å². The predicted molar refractivity (Wildman–Crippen MR) is 132 cm³/mol. The molecule has 0 bridgehead atoms. The van der Waals surface area contributed by atoms with Crippen molar-refractivity contribution in [3.8, 4) is 5.75 Å².